The normalized spacial score (nSPS) is 13.7. The summed E-state index contributed by atoms with van der Waals surface area (Å²) in [6.45, 7) is -0.268. The van der Waals surface area contributed by atoms with E-state index in [1.165, 1.54) is 88.7 Å². The zero-order valence-electron chi connectivity index (χ0n) is 46.7. The van der Waals surface area contributed by atoms with Crippen molar-refractivity contribution >= 4 is 138 Å². The molecule has 19 rings (SSSR count). The first kappa shape index (κ1) is 47.5. The van der Waals surface area contributed by atoms with Gasteiger partial charge in [0.15, 0.2) is 0 Å². The summed E-state index contributed by atoms with van der Waals surface area (Å²) in [5, 5.41) is 0. The van der Waals surface area contributed by atoms with Gasteiger partial charge in [-0.25, -0.2) is 0 Å². The highest BCUT2D eigenvalue weighted by atomic mass is 16.5. The lowest BCUT2D eigenvalue weighted by atomic mass is 9.28. The Morgan fingerprint density at radius 2 is 0.558 bits per heavy atom. The average Bonchev–Trinajstić information content (AvgIpc) is 0.690. The standard InChI is InChI=1S/C78H49B3N4O/c1-6-24-50(25-7-1)52-42-53(51-26-8-2-9-27-51)44-54(43-52)55-45-70-75-74(46-55)86-73-49-69-63(47-64(73)81(75)60-35-17-21-39-66(60)82(70)56-28-10-3-11-29-56)80-62-37-19-23-41-68(62)85-67-40-22-18-36-61(67)79-59-34-16-20-38-65(59)83(57-30-12-4-13-31-57)71-48-72(77(80)78(85)76(71)79)84(69)58-32-14-5-15-33-58/h1-49H. The van der Waals surface area contributed by atoms with E-state index in [-0.39, 0.29) is 20.1 Å². The highest BCUT2D eigenvalue weighted by Crippen LogP contribution is 2.51. The van der Waals surface area contributed by atoms with Crippen molar-refractivity contribution < 1.29 is 4.74 Å². The smallest absolute Gasteiger partial charge is 0.256 e. The predicted molar refractivity (Wildman–Crippen MR) is 362 cm³/mol. The molecule has 0 atom stereocenters. The molecule has 0 saturated heterocycles. The average molecular weight is 1090 g/mol. The molecular weight excluding hydrogens is 1040 g/mol. The number of hydrogen-bond donors (Lipinski definition) is 0. The fraction of sp³-hybridized carbons (Fsp3) is 0. The maximum Gasteiger partial charge on any atom is 0.256 e. The van der Waals surface area contributed by atoms with Crippen molar-refractivity contribution in [1.82, 2.24) is 0 Å². The molecule has 13 aromatic rings. The van der Waals surface area contributed by atoms with Crippen LogP contribution in [-0.4, -0.2) is 20.1 Å². The van der Waals surface area contributed by atoms with Gasteiger partial charge in [-0.15, -0.1) is 0 Å². The molecule has 5 nitrogen and oxygen atoms in total. The molecule has 6 aliphatic rings. The van der Waals surface area contributed by atoms with E-state index in [4.69, 9.17) is 4.74 Å². The lowest BCUT2D eigenvalue weighted by molar-refractivity contribution is 0.488. The fourth-order valence-corrected chi connectivity index (χ4v) is 15.5. The van der Waals surface area contributed by atoms with Crippen LogP contribution in [0.4, 0.5) is 68.2 Å². The number of rotatable bonds is 6. The molecule has 0 aromatic heterocycles. The lowest BCUT2D eigenvalue weighted by Gasteiger charge is -2.51. The van der Waals surface area contributed by atoms with Crippen LogP contribution < -0.4 is 73.5 Å². The number of benzene rings is 13. The predicted octanol–water partition coefficient (Wildman–Crippen LogP) is 13.8. The number of hydrogen-bond acceptors (Lipinski definition) is 5. The summed E-state index contributed by atoms with van der Waals surface area (Å²) in [6.07, 6.45) is 0. The SMILES string of the molecule is c1ccc(-c2cc(-c3ccccc3)cc(-c3cc4c5c(c3)N(c3ccccc3)c3ccccc3B5c3cc5c(cc3O4)N(c3ccccc3)c3cc4c6c7c3B5c3ccccc3N7c3ccccc3B6c3ccccc3N4c3ccccc3)c2)cc1. The highest BCUT2D eigenvalue weighted by molar-refractivity contribution is 7.05. The molecule has 0 radical (unpaired) electrons. The maximum absolute atomic E-state index is 7.74. The third-order valence-electron chi connectivity index (χ3n) is 19.0. The third kappa shape index (κ3) is 6.75. The van der Waals surface area contributed by atoms with Gasteiger partial charge in [0.05, 0.1) is 0 Å². The molecule has 86 heavy (non-hydrogen) atoms. The van der Waals surface area contributed by atoms with Gasteiger partial charge in [0.1, 0.15) is 11.5 Å². The summed E-state index contributed by atoms with van der Waals surface area (Å²) in [6, 6.07) is 110. The van der Waals surface area contributed by atoms with Crippen molar-refractivity contribution in [2.75, 3.05) is 19.6 Å². The second-order valence-electron chi connectivity index (χ2n) is 23.5. The van der Waals surface area contributed by atoms with Gasteiger partial charge in [-0.2, -0.15) is 0 Å². The van der Waals surface area contributed by atoms with Crippen LogP contribution in [0.3, 0.4) is 0 Å². The van der Waals surface area contributed by atoms with Gasteiger partial charge in [0, 0.05) is 74.3 Å². The Labute approximate surface area is 501 Å². The van der Waals surface area contributed by atoms with E-state index in [0.29, 0.717) is 0 Å². The van der Waals surface area contributed by atoms with Crippen molar-refractivity contribution in [1.29, 1.82) is 0 Å². The van der Waals surface area contributed by atoms with Gasteiger partial charge in [-0.05, 0) is 180 Å². The number of nitrogens with zero attached hydrogens (tertiary/aromatic N) is 4. The van der Waals surface area contributed by atoms with E-state index in [1.54, 1.807) is 0 Å². The van der Waals surface area contributed by atoms with Crippen LogP contribution in [0, 0.1) is 0 Å². The zero-order chi connectivity index (χ0) is 56.1. The Morgan fingerprint density at radius 1 is 0.209 bits per heavy atom. The quantitative estimate of drug-likeness (QED) is 0.154. The van der Waals surface area contributed by atoms with Gasteiger partial charge in [0.25, 0.3) is 20.1 Å². The highest BCUT2D eigenvalue weighted by Gasteiger charge is 2.53. The van der Waals surface area contributed by atoms with Gasteiger partial charge in [-0.3, -0.25) is 0 Å². The zero-order valence-corrected chi connectivity index (χ0v) is 46.7. The van der Waals surface area contributed by atoms with E-state index in [9.17, 15) is 0 Å². The maximum atomic E-state index is 7.74. The third-order valence-corrected chi connectivity index (χ3v) is 19.0. The van der Waals surface area contributed by atoms with Crippen molar-refractivity contribution in [3.05, 3.63) is 297 Å². The first-order valence-electron chi connectivity index (χ1n) is 29.9. The summed E-state index contributed by atoms with van der Waals surface area (Å²) in [7, 11) is 0. The first-order chi connectivity index (χ1) is 42.7. The molecule has 0 N–H and O–H groups in total. The summed E-state index contributed by atoms with van der Waals surface area (Å²) in [5.74, 6) is 1.72. The second-order valence-corrected chi connectivity index (χ2v) is 23.5. The van der Waals surface area contributed by atoms with Crippen molar-refractivity contribution in [3.63, 3.8) is 0 Å². The van der Waals surface area contributed by atoms with E-state index in [0.717, 1.165) is 73.6 Å². The van der Waals surface area contributed by atoms with Crippen molar-refractivity contribution in [2.45, 2.75) is 0 Å². The van der Waals surface area contributed by atoms with Crippen LogP contribution in [0.15, 0.2) is 297 Å². The summed E-state index contributed by atoms with van der Waals surface area (Å²) in [5.41, 5.74) is 32.2. The summed E-state index contributed by atoms with van der Waals surface area (Å²) in [4.78, 5) is 10.2. The Morgan fingerprint density at radius 3 is 1.02 bits per heavy atom. The molecule has 0 spiro atoms. The molecule has 0 unspecified atom stereocenters. The molecule has 0 saturated carbocycles. The molecule has 0 bridgehead atoms. The van der Waals surface area contributed by atoms with E-state index in [1.807, 2.05) is 0 Å². The molecule has 13 aromatic carbocycles. The van der Waals surface area contributed by atoms with E-state index in [2.05, 4.69) is 317 Å². The van der Waals surface area contributed by atoms with Crippen molar-refractivity contribution in [3.8, 4) is 44.9 Å². The number of anilines is 12. The molecule has 0 fully saturated rings. The van der Waals surface area contributed by atoms with Crippen LogP contribution in [0.1, 0.15) is 0 Å². The van der Waals surface area contributed by atoms with Gasteiger partial charge in [-0.1, -0.05) is 194 Å². The van der Waals surface area contributed by atoms with Gasteiger partial charge >= 0.3 is 0 Å². The minimum atomic E-state index is -0.147. The largest absolute Gasteiger partial charge is 0.458 e. The van der Waals surface area contributed by atoms with E-state index >= 15 is 0 Å². The Balaban J connectivity index is 0.890. The number of fused-ring (bicyclic) bond motifs is 14. The van der Waals surface area contributed by atoms with Crippen LogP contribution in [-0.2, 0) is 0 Å². The minimum absolute atomic E-state index is 0.000171. The molecular formula is C78H49B3N4O. The van der Waals surface area contributed by atoms with E-state index < -0.39 is 0 Å². The summed E-state index contributed by atoms with van der Waals surface area (Å²) < 4.78 is 7.74. The topological polar surface area (TPSA) is 22.2 Å². The van der Waals surface area contributed by atoms with Gasteiger partial charge in [0.2, 0.25) is 0 Å². The summed E-state index contributed by atoms with van der Waals surface area (Å²) >= 11 is 0. The Kier molecular flexibility index (Phi) is 10.1. The minimum Gasteiger partial charge on any atom is -0.458 e. The molecule has 0 amide bonds. The Bertz CT molecular complexity index is 4900. The molecule has 0 aliphatic carbocycles. The molecule has 8 heteroatoms. The number of para-hydroxylation sites is 7. The monoisotopic (exact) mass is 1090 g/mol. The molecule has 6 heterocycles. The first-order valence-corrected chi connectivity index (χ1v) is 29.9. The molecule has 6 aliphatic heterocycles. The van der Waals surface area contributed by atoms with Crippen LogP contribution in [0.25, 0.3) is 33.4 Å². The molecule has 396 valence electrons. The Hall–Kier alpha value is -10.9. The van der Waals surface area contributed by atoms with Crippen molar-refractivity contribution in [2.24, 2.45) is 0 Å². The second kappa shape index (κ2) is 18.3. The van der Waals surface area contributed by atoms with Crippen LogP contribution in [0.5, 0.6) is 11.5 Å². The lowest BCUT2D eigenvalue weighted by Crippen LogP contribution is -2.69. The van der Waals surface area contributed by atoms with Crippen LogP contribution in [0.2, 0.25) is 0 Å². The van der Waals surface area contributed by atoms with Gasteiger partial charge < -0.3 is 24.3 Å². The van der Waals surface area contributed by atoms with Crippen LogP contribution >= 0.6 is 0 Å². The fourth-order valence-electron chi connectivity index (χ4n) is 15.5. The number of ether oxygens (including phenoxy) is 1.